The van der Waals surface area contributed by atoms with Crippen LogP contribution in [0.15, 0.2) is 52.1 Å². The molecule has 0 spiro atoms. The zero-order valence-electron chi connectivity index (χ0n) is 16.2. The normalized spacial score (nSPS) is 11.1. The van der Waals surface area contributed by atoms with E-state index in [4.69, 9.17) is 4.74 Å². The van der Waals surface area contributed by atoms with Gasteiger partial charge in [0.15, 0.2) is 0 Å². The smallest absolute Gasteiger partial charge is 0.329 e. The molecule has 0 saturated heterocycles. The summed E-state index contributed by atoms with van der Waals surface area (Å²) in [6, 6.07) is 13.7. The van der Waals surface area contributed by atoms with Gasteiger partial charge in [0.1, 0.15) is 11.4 Å². The first-order valence-corrected chi connectivity index (χ1v) is 8.97. The Morgan fingerprint density at radius 1 is 0.893 bits per heavy atom. The molecule has 0 aliphatic heterocycles. The van der Waals surface area contributed by atoms with Crippen LogP contribution in [0.5, 0.6) is 5.75 Å². The van der Waals surface area contributed by atoms with E-state index in [-0.39, 0.29) is 0 Å². The second-order valence-electron chi connectivity index (χ2n) is 6.94. The minimum Gasteiger partial charge on any atom is -0.497 e. The molecule has 0 unspecified atom stereocenters. The number of nitrogens with zero attached hydrogens (tertiary/aromatic N) is 1. The zero-order chi connectivity index (χ0) is 20.0. The molecule has 6 nitrogen and oxygen atoms in total. The number of aromatic amines is 2. The quantitative estimate of drug-likeness (QED) is 0.575. The molecule has 2 aromatic heterocycles. The van der Waals surface area contributed by atoms with Crippen LogP contribution in [0.1, 0.15) is 11.1 Å². The highest BCUT2D eigenvalue weighted by molar-refractivity contribution is 6.02. The third-order valence-electron chi connectivity index (χ3n) is 5.24. The number of benzene rings is 2. The van der Waals surface area contributed by atoms with Crippen LogP contribution in [-0.2, 0) is 7.05 Å². The molecule has 0 amide bonds. The topological polar surface area (TPSA) is 79.9 Å². The van der Waals surface area contributed by atoms with Crippen molar-refractivity contribution in [3.63, 3.8) is 0 Å². The van der Waals surface area contributed by atoms with E-state index in [1.54, 1.807) is 14.2 Å². The van der Waals surface area contributed by atoms with Gasteiger partial charge >= 0.3 is 5.69 Å². The van der Waals surface area contributed by atoms with E-state index in [0.29, 0.717) is 11.0 Å². The predicted octanol–water partition coefficient (Wildman–Crippen LogP) is 3.51. The third-order valence-corrected chi connectivity index (χ3v) is 5.24. The van der Waals surface area contributed by atoms with Crippen molar-refractivity contribution in [3.8, 4) is 28.1 Å². The highest BCUT2D eigenvalue weighted by atomic mass is 16.5. The summed E-state index contributed by atoms with van der Waals surface area (Å²) in [7, 11) is 3.25. The van der Waals surface area contributed by atoms with Gasteiger partial charge in [-0.1, -0.05) is 24.3 Å². The predicted molar refractivity (Wildman–Crippen MR) is 111 cm³/mol. The second kappa shape index (κ2) is 6.56. The number of hydrogen-bond donors (Lipinski definition) is 2. The molecular formula is C22H21N3O3. The monoisotopic (exact) mass is 375 g/mol. The van der Waals surface area contributed by atoms with Crippen molar-refractivity contribution in [1.29, 1.82) is 0 Å². The zero-order valence-corrected chi connectivity index (χ0v) is 16.2. The molecule has 2 N–H and O–H groups in total. The molecule has 0 aliphatic rings. The fourth-order valence-corrected chi connectivity index (χ4v) is 3.46. The summed E-state index contributed by atoms with van der Waals surface area (Å²) in [6.07, 6.45) is 0. The van der Waals surface area contributed by atoms with Crippen LogP contribution in [0, 0.1) is 13.8 Å². The third kappa shape index (κ3) is 2.74. The first-order chi connectivity index (χ1) is 13.4. The minimum absolute atomic E-state index is 0.407. The Balaban J connectivity index is 2.12. The molecule has 0 bridgehead atoms. The van der Waals surface area contributed by atoms with Gasteiger partial charge in [0, 0.05) is 12.6 Å². The largest absolute Gasteiger partial charge is 0.497 e. The van der Waals surface area contributed by atoms with Crippen molar-refractivity contribution in [2.75, 3.05) is 7.11 Å². The van der Waals surface area contributed by atoms with Crippen LogP contribution in [0.2, 0.25) is 0 Å². The van der Waals surface area contributed by atoms with Gasteiger partial charge in [-0.3, -0.25) is 14.3 Å². The summed E-state index contributed by atoms with van der Waals surface area (Å²) < 4.78 is 6.68. The summed E-state index contributed by atoms with van der Waals surface area (Å²) in [4.78, 5) is 30.5. The van der Waals surface area contributed by atoms with Gasteiger partial charge in [0.05, 0.1) is 18.2 Å². The summed E-state index contributed by atoms with van der Waals surface area (Å²) in [5, 5.41) is 0.459. The van der Waals surface area contributed by atoms with Gasteiger partial charge in [-0.25, -0.2) is 4.79 Å². The Morgan fingerprint density at radius 2 is 1.57 bits per heavy atom. The standard InChI is InChI=1S/C22H21N3O3/c1-12-5-6-15(11-13(12)2)19-17(14-7-9-16(28-4)10-8-14)18-20(23-19)25(3)22(27)24-21(18)26/h5-11,23H,1-4H3,(H,24,26,27). The molecule has 4 rings (SSSR count). The molecule has 0 radical (unpaired) electrons. The van der Waals surface area contributed by atoms with Crippen molar-refractivity contribution in [1.82, 2.24) is 14.5 Å². The van der Waals surface area contributed by atoms with E-state index in [1.807, 2.05) is 30.3 Å². The van der Waals surface area contributed by atoms with Crippen molar-refractivity contribution in [2.24, 2.45) is 7.05 Å². The molecule has 0 saturated carbocycles. The number of rotatable bonds is 3. The molecule has 2 heterocycles. The van der Waals surface area contributed by atoms with E-state index in [9.17, 15) is 9.59 Å². The fourth-order valence-electron chi connectivity index (χ4n) is 3.46. The number of aromatic nitrogens is 3. The van der Waals surface area contributed by atoms with Crippen LogP contribution in [0.4, 0.5) is 0 Å². The molecule has 0 aliphatic carbocycles. The number of ether oxygens (including phenoxy) is 1. The van der Waals surface area contributed by atoms with Crippen molar-refractivity contribution >= 4 is 11.0 Å². The first kappa shape index (κ1) is 17.9. The number of H-pyrrole nitrogens is 2. The summed E-state index contributed by atoms with van der Waals surface area (Å²) in [6.45, 7) is 4.11. The maximum atomic E-state index is 12.7. The van der Waals surface area contributed by atoms with E-state index >= 15 is 0 Å². The van der Waals surface area contributed by atoms with E-state index in [1.165, 1.54) is 10.1 Å². The van der Waals surface area contributed by atoms with Gasteiger partial charge in [0.25, 0.3) is 5.56 Å². The molecule has 0 atom stereocenters. The highest BCUT2D eigenvalue weighted by Gasteiger charge is 2.20. The van der Waals surface area contributed by atoms with Crippen molar-refractivity contribution in [3.05, 3.63) is 74.4 Å². The number of aryl methyl sites for hydroxylation is 3. The number of fused-ring (bicyclic) bond motifs is 1. The van der Waals surface area contributed by atoms with E-state index in [0.717, 1.165) is 33.7 Å². The highest BCUT2D eigenvalue weighted by Crippen LogP contribution is 2.37. The van der Waals surface area contributed by atoms with Crippen LogP contribution in [0.25, 0.3) is 33.4 Å². The van der Waals surface area contributed by atoms with Gasteiger partial charge in [-0.05, 0) is 54.3 Å². The fraction of sp³-hybridized carbons (Fsp3) is 0.182. The Kier molecular flexibility index (Phi) is 4.19. The molecule has 28 heavy (non-hydrogen) atoms. The molecule has 6 heteroatoms. The number of nitrogens with one attached hydrogen (secondary N) is 2. The summed E-state index contributed by atoms with van der Waals surface area (Å²) in [5.74, 6) is 0.734. The maximum absolute atomic E-state index is 12.7. The SMILES string of the molecule is COc1ccc(-c2c(-c3ccc(C)c(C)c3)[nH]c3c2c(=O)[nH]c(=O)n3C)cc1. The lowest BCUT2D eigenvalue weighted by Gasteiger charge is -2.08. The Bertz CT molecular complexity index is 1310. The molecular weight excluding hydrogens is 354 g/mol. The Hall–Kier alpha value is -3.54. The lowest BCUT2D eigenvalue weighted by molar-refractivity contribution is 0.415. The Labute approximate surface area is 161 Å². The van der Waals surface area contributed by atoms with Crippen LogP contribution in [0.3, 0.4) is 0 Å². The Morgan fingerprint density at radius 3 is 2.21 bits per heavy atom. The van der Waals surface area contributed by atoms with E-state index in [2.05, 4.69) is 35.9 Å². The lowest BCUT2D eigenvalue weighted by atomic mass is 9.97. The van der Waals surface area contributed by atoms with Crippen LogP contribution >= 0.6 is 0 Å². The number of hydrogen-bond acceptors (Lipinski definition) is 3. The van der Waals surface area contributed by atoms with Crippen LogP contribution < -0.4 is 16.0 Å². The average molecular weight is 375 g/mol. The first-order valence-electron chi connectivity index (χ1n) is 8.97. The molecule has 2 aromatic carbocycles. The molecule has 4 aromatic rings. The number of methoxy groups -OCH3 is 1. The molecule has 0 fully saturated rings. The second-order valence-corrected chi connectivity index (χ2v) is 6.94. The molecule has 142 valence electrons. The minimum atomic E-state index is -0.452. The summed E-state index contributed by atoms with van der Waals surface area (Å²) in [5.41, 5.74) is 5.36. The van der Waals surface area contributed by atoms with Crippen molar-refractivity contribution in [2.45, 2.75) is 13.8 Å². The van der Waals surface area contributed by atoms with Gasteiger partial charge in [0.2, 0.25) is 0 Å². The lowest BCUT2D eigenvalue weighted by Crippen LogP contribution is -2.28. The van der Waals surface area contributed by atoms with Crippen molar-refractivity contribution < 1.29 is 4.74 Å². The summed E-state index contributed by atoms with van der Waals surface area (Å²) >= 11 is 0. The average Bonchev–Trinajstić information content (AvgIpc) is 3.09. The van der Waals surface area contributed by atoms with Gasteiger partial charge in [-0.2, -0.15) is 0 Å². The van der Waals surface area contributed by atoms with Gasteiger partial charge < -0.3 is 9.72 Å². The van der Waals surface area contributed by atoms with E-state index < -0.39 is 11.2 Å². The van der Waals surface area contributed by atoms with Gasteiger partial charge in [-0.15, -0.1) is 0 Å². The maximum Gasteiger partial charge on any atom is 0.329 e. The van der Waals surface area contributed by atoms with Crippen LogP contribution in [-0.4, -0.2) is 21.6 Å².